The fraction of sp³-hybridized carbons (Fsp3) is 0.294. The van der Waals surface area contributed by atoms with Crippen LogP contribution < -0.4 is 0 Å². The molecule has 0 saturated carbocycles. The second-order valence-corrected chi connectivity index (χ2v) is 5.46. The summed E-state index contributed by atoms with van der Waals surface area (Å²) in [5.41, 5.74) is 2.23. The van der Waals surface area contributed by atoms with E-state index in [2.05, 4.69) is 4.90 Å². The van der Waals surface area contributed by atoms with Crippen molar-refractivity contribution in [1.29, 1.82) is 0 Å². The van der Waals surface area contributed by atoms with E-state index in [1.165, 1.54) is 12.1 Å². The summed E-state index contributed by atoms with van der Waals surface area (Å²) < 4.78 is 38.9. The van der Waals surface area contributed by atoms with Crippen LogP contribution in [0.1, 0.15) is 28.3 Å². The predicted octanol–water partition coefficient (Wildman–Crippen LogP) is 4.28. The molecule has 0 amide bonds. The average molecular weight is 291 g/mol. The molecule has 0 N–H and O–H groups in total. The molecule has 1 aliphatic rings. The predicted molar refractivity (Wildman–Crippen MR) is 76.1 cm³/mol. The normalized spacial score (nSPS) is 19.3. The molecule has 2 aromatic carbocycles. The first-order valence-corrected chi connectivity index (χ1v) is 6.92. The molecule has 0 radical (unpaired) electrons. The zero-order valence-corrected chi connectivity index (χ0v) is 11.7. The molecule has 110 valence electrons. The standard InChI is InChI=1S/C17H16F3N/c1-21-10-9-12-7-8-14(17(18,19)20)11-15(12)16(21)13-5-3-2-4-6-13/h2-8,11,16H,9-10H2,1H3. The zero-order valence-electron chi connectivity index (χ0n) is 11.7. The van der Waals surface area contributed by atoms with E-state index in [1.54, 1.807) is 6.07 Å². The highest BCUT2D eigenvalue weighted by molar-refractivity contribution is 5.42. The Balaban J connectivity index is 2.12. The second-order valence-electron chi connectivity index (χ2n) is 5.46. The molecule has 1 atom stereocenters. The van der Waals surface area contributed by atoms with E-state index < -0.39 is 11.7 Å². The maximum Gasteiger partial charge on any atom is 0.416 e. The lowest BCUT2D eigenvalue weighted by atomic mass is 9.87. The van der Waals surface area contributed by atoms with Gasteiger partial charge in [0.05, 0.1) is 11.6 Å². The van der Waals surface area contributed by atoms with Crippen LogP contribution in [0.3, 0.4) is 0 Å². The zero-order chi connectivity index (χ0) is 15.0. The van der Waals surface area contributed by atoms with Crippen LogP contribution in [-0.2, 0) is 12.6 Å². The largest absolute Gasteiger partial charge is 0.416 e. The van der Waals surface area contributed by atoms with Gasteiger partial charge in [0.25, 0.3) is 0 Å². The van der Waals surface area contributed by atoms with E-state index in [9.17, 15) is 13.2 Å². The molecular weight excluding hydrogens is 275 g/mol. The van der Waals surface area contributed by atoms with Crippen LogP contribution >= 0.6 is 0 Å². The summed E-state index contributed by atoms with van der Waals surface area (Å²) in [6.07, 6.45) is -3.51. The lowest BCUT2D eigenvalue weighted by molar-refractivity contribution is -0.137. The average Bonchev–Trinajstić information content (AvgIpc) is 2.46. The number of rotatable bonds is 1. The van der Waals surface area contributed by atoms with Gasteiger partial charge in [0.15, 0.2) is 0 Å². The van der Waals surface area contributed by atoms with Crippen LogP contribution in [0.5, 0.6) is 0 Å². The lowest BCUT2D eigenvalue weighted by Gasteiger charge is -2.35. The van der Waals surface area contributed by atoms with Gasteiger partial charge >= 0.3 is 6.18 Å². The Hall–Kier alpha value is -1.81. The summed E-state index contributed by atoms with van der Waals surface area (Å²) in [5.74, 6) is 0. The molecule has 1 unspecified atom stereocenters. The number of alkyl halides is 3. The van der Waals surface area contributed by atoms with Crippen LogP contribution in [0.2, 0.25) is 0 Å². The molecular formula is C17H16F3N. The second kappa shape index (κ2) is 5.19. The summed E-state index contributed by atoms with van der Waals surface area (Å²) in [6.45, 7) is 0.845. The Bertz CT molecular complexity index is 634. The SMILES string of the molecule is CN1CCc2ccc(C(F)(F)F)cc2C1c1ccccc1. The van der Waals surface area contributed by atoms with Crippen molar-refractivity contribution >= 4 is 0 Å². The maximum atomic E-state index is 13.0. The van der Waals surface area contributed by atoms with Crippen LogP contribution in [0.15, 0.2) is 48.5 Å². The van der Waals surface area contributed by atoms with Crippen molar-refractivity contribution in [1.82, 2.24) is 4.90 Å². The van der Waals surface area contributed by atoms with Gasteiger partial charge in [-0.05, 0) is 42.3 Å². The number of hydrogen-bond donors (Lipinski definition) is 0. The topological polar surface area (TPSA) is 3.24 Å². The van der Waals surface area contributed by atoms with Crippen molar-refractivity contribution in [2.45, 2.75) is 18.6 Å². The molecule has 0 aromatic heterocycles. The van der Waals surface area contributed by atoms with Gasteiger partial charge in [0, 0.05) is 6.54 Å². The smallest absolute Gasteiger partial charge is 0.295 e. The van der Waals surface area contributed by atoms with Gasteiger partial charge in [-0.2, -0.15) is 13.2 Å². The Labute approximate surface area is 122 Å². The van der Waals surface area contributed by atoms with Crippen molar-refractivity contribution in [3.63, 3.8) is 0 Å². The van der Waals surface area contributed by atoms with Crippen molar-refractivity contribution in [2.75, 3.05) is 13.6 Å². The molecule has 1 heterocycles. The molecule has 1 nitrogen and oxygen atoms in total. The number of halogens is 3. The highest BCUT2D eigenvalue weighted by atomic mass is 19.4. The van der Waals surface area contributed by atoms with Crippen molar-refractivity contribution < 1.29 is 13.2 Å². The molecule has 0 saturated heterocycles. The highest BCUT2D eigenvalue weighted by Crippen LogP contribution is 2.38. The van der Waals surface area contributed by atoms with Gasteiger partial charge < -0.3 is 0 Å². The van der Waals surface area contributed by atoms with Crippen molar-refractivity contribution in [3.8, 4) is 0 Å². The fourth-order valence-corrected chi connectivity index (χ4v) is 2.99. The highest BCUT2D eigenvalue weighted by Gasteiger charge is 2.33. The number of benzene rings is 2. The van der Waals surface area contributed by atoms with Gasteiger partial charge in [-0.25, -0.2) is 0 Å². The van der Waals surface area contributed by atoms with Crippen LogP contribution in [0.4, 0.5) is 13.2 Å². The summed E-state index contributed by atoms with van der Waals surface area (Å²) in [4.78, 5) is 2.11. The molecule has 0 aliphatic carbocycles. The van der Waals surface area contributed by atoms with E-state index in [0.29, 0.717) is 0 Å². The molecule has 2 aromatic rings. The molecule has 0 fully saturated rings. The van der Waals surface area contributed by atoms with E-state index in [-0.39, 0.29) is 6.04 Å². The summed E-state index contributed by atoms with van der Waals surface area (Å²) in [5, 5.41) is 0. The van der Waals surface area contributed by atoms with Gasteiger partial charge in [-0.3, -0.25) is 4.90 Å². The Morgan fingerprint density at radius 1 is 1.05 bits per heavy atom. The Kier molecular flexibility index (Phi) is 3.49. The number of hydrogen-bond acceptors (Lipinski definition) is 1. The van der Waals surface area contributed by atoms with Gasteiger partial charge in [-0.1, -0.05) is 36.4 Å². The van der Waals surface area contributed by atoms with Crippen LogP contribution in [0, 0.1) is 0 Å². The third-order valence-corrected chi connectivity index (χ3v) is 4.06. The van der Waals surface area contributed by atoms with Crippen molar-refractivity contribution in [3.05, 3.63) is 70.8 Å². The monoisotopic (exact) mass is 291 g/mol. The van der Waals surface area contributed by atoms with Crippen molar-refractivity contribution in [2.24, 2.45) is 0 Å². The first-order valence-electron chi connectivity index (χ1n) is 6.92. The molecule has 21 heavy (non-hydrogen) atoms. The minimum Gasteiger partial charge on any atom is -0.295 e. The fourth-order valence-electron chi connectivity index (χ4n) is 2.99. The molecule has 3 rings (SSSR count). The first kappa shape index (κ1) is 14.1. The third-order valence-electron chi connectivity index (χ3n) is 4.06. The van der Waals surface area contributed by atoms with E-state index in [1.807, 2.05) is 37.4 Å². The quantitative estimate of drug-likeness (QED) is 0.758. The Morgan fingerprint density at radius 2 is 1.76 bits per heavy atom. The maximum absolute atomic E-state index is 13.0. The molecule has 1 aliphatic heterocycles. The molecule has 0 spiro atoms. The van der Waals surface area contributed by atoms with Gasteiger partial charge in [-0.15, -0.1) is 0 Å². The summed E-state index contributed by atoms with van der Waals surface area (Å²) in [6, 6.07) is 13.7. The first-order chi connectivity index (χ1) is 9.97. The third kappa shape index (κ3) is 2.68. The molecule has 4 heteroatoms. The van der Waals surface area contributed by atoms with Gasteiger partial charge in [0.2, 0.25) is 0 Å². The summed E-state index contributed by atoms with van der Waals surface area (Å²) in [7, 11) is 1.96. The minimum absolute atomic E-state index is 0.114. The minimum atomic E-state index is -4.30. The molecule has 0 bridgehead atoms. The van der Waals surface area contributed by atoms with Crippen LogP contribution in [0.25, 0.3) is 0 Å². The number of fused-ring (bicyclic) bond motifs is 1. The summed E-state index contributed by atoms with van der Waals surface area (Å²) >= 11 is 0. The van der Waals surface area contributed by atoms with E-state index in [0.717, 1.165) is 29.7 Å². The van der Waals surface area contributed by atoms with E-state index >= 15 is 0 Å². The van der Waals surface area contributed by atoms with E-state index in [4.69, 9.17) is 0 Å². The Morgan fingerprint density at radius 3 is 2.43 bits per heavy atom. The number of likely N-dealkylation sites (N-methyl/N-ethyl adjacent to an activating group) is 1. The number of nitrogens with zero attached hydrogens (tertiary/aromatic N) is 1. The lowest BCUT2D eigenvalue weighted by Crippen LogP contribution is -2.33. The van der Waals surface area contributed by atoms with Crippen LogP contribution in [-0.4, -0.2) is 18.5 Å². The van der Waals surface area contributed by atoms with Gasteiger partial charge in [0.1, 0.15) is 0 Å².